The van der Waals surface area contributed by atoms with Crippen molar-refractivity contribution in [2.45, 2.75) is 6.42 Å². The molecule has 80 valence electrons. The summed E-state index contributed by atoms with van der Waals surface area (Å²) in [5.41, 5.74) is 7.07. The van der Waals surface area contributed by atoms with Crippen LogP contribution < -0.4 is 10.6 Å². The van der Waals surface area contributed by atoms with Crippen molar-refractivity contribution in [2.75, 3.05) is 19.0 Å². The number of hydrogen-bond acceptors (Lipinski definition) is 3. The van der Waals surface area contributed by atoms with E-state index in [1.807, 2.05) is 43.3 Å². The fourth-order valence-electron chi connectivity index (χ4n) is 1.24. The van der Waals surface area contributed by atoms with E-state index in [9.17, 15) is 4.79 Å². The standard InChI is InChI=1S/C11H15N3O/c1-14(2)9-5-3-8(4-6-9)10(12)7-11(13)15/h3-6,12H,7H2,1-2H3,(H2,13,15). The molecule has 1 rings (SSSR count). The van der Waals surface area contributed by atoms with Gasteiger partial charge in [0.15, 0.2) is 0 Å². The zero-order chi connectivity index (χ0) is 11.4. The Labute approximate surface area is 89.2 Å². The number of anilines is 1. The first-order chi connectivity index (χ1) is 7.00. The molecule has 1 aromatic rings. The van der Waals surface area contributed by atoms with Gasteiger partial charge in [-0.05, 0) is 17.7 Å². The Morgan fingerprint density at radius 2 is 1.87 bits per heavy atom. The average molecular weight is 205 g/mol. The zero-order valence-corrected chi connectivity index (χ0v) is 8.95. The maximum absolute atomic E-state index is 10.6. The first-order valence-electron chi connectivity index (χ1n) is 4.64. The molecule has 0 bridgehead atoms. The zero-order valence-electron chi connectivity index (χ0n) is 8.95. The molecule has 0 saturated heterocycles. The van der Waals surface area contributed by atoms with Gasteiger partial charge in [-0.25, -0.2) is 0 Å². The second kappa shape index (κ2) is 4.59. The van der Waals surface area contributed by atoms with Crippen LogP contribution in [0, 0.1) is 5.41 Å². The minimum absolute atomic E-state index is 0.0126. The fourth-order valence-corrected chi connectivity index (χ4v) is 1.24. The lowest BCUT2D eigenvalue weighted by Crippen LogP contribution is -2.16. The van der Waals surface area contributed by atoms with Crippen molar-refractivity contribution in [3.8, 4) is 0 Å². The van der Waals surface area contributed by atoms with Gasteiger partial charge >= 0.3 is 0 Å². The number of nitrogens with one attached hydrogen (secondary N) is 1. The predicted octanol–water partition coefficient (Wildman–Crippen LogP) is 0.996. The number of amides is 1. The molecule has 1 aromatic carbocycles. The van der Waals surface area contributed by atoms with Crippen LogP contribution in [0.4, 0.5) is 5.69 Å². The number of carbonyl (C=O) groups is 1. The van der Waals surface area contributed by atoms with Gasteiger partial charge in [-0.2, -0.15) is 0 Å². The normalized spacial score (nSPS) is 9.73. The summed E-state index contributed by atoms with van der Waals surface area (Å²) in [4.78, 5) is 12.6. The van der Waals surface area contributed by atoms with Crippen molar-refractivity contribution in [1.29, 1.82) is 5.41 Å². The summed E-state index contributed by atoms with van der Waals surface area (Å²) in [6, 6.07) is 7.46. The Kier molecular flexibility index (Phi) is 3.44. The smallest absolute Gasteiger partial charge is 0.223 e. The molecule has 0 aromatic heterocycles. The third kappa shape index (κ3) is 3.09. The molecular weight excluding hydrogens is 190 g/mol. The van der Waals surface area contributed by atoms with Crippen molar-refractivity contribution >= 4 is 17.3 Å². The molecule has 0 spiro atoms. The maximum Gasteiger partial charge on any atom is 0.223 e. The summed E-state index contributed by atoms with van der Waals surface area (Å²) in [5.74, 6) is -0.475. The van der Waals surface area contributed by atoms with E-state index < -0.39 is 5.91 Å². The first-order valence-corrected chi connectivity index (χ1v) is 4.64. The van der Waals surface area contributed by atoms with Gasteiger partial charge in [0.25, 0.3) is 0 Å². The highest BCUT2D eigenvalue weighted by atomic mass is 16.1. The lowest BCUT2D eigenvalue weighted by molar-refractivity contribution is -0.116. The van der Waals surface area contributed by atoms with E-state index in [0.29, 0.717) is 0 Å². The highest BCUT2D eigenvalue weighted by molar-refractivity contribution is 6.08. The molecule has 4 heteroatoms. The summed E-state index contributed by atoms with van der Waals surface area (Å²) in [7, 11) is 3.90. The molecule has 3 N–H and O–H groups in total. The SMILES string of the molecule is CN(C)c1ccc(C(=N)CC(N)=O)cc1. The molecule has 0 aliphatic rings. The number of benzene rings is 1. The van der Waals surface area contributed by atoms with Gasteiger partial charge in [0.2, 0.25) is 5.91 Å². The van der Waals surface area contributed by atoms with Crippen LogP contribution in [0.3, 0.4) is 0 Å². The quantitative estimate of drug-likeness (QED) is 0.720. The van der Waals surface area contributed by atoms with Gasteiger partial charge in [-0.15, -0.1) is 0 Å². The Balaban J connectivity index is 2.80. The predicted molar refractivity (Wildman–Crippen MR) is 61.4 cm³/mol. The van der Waals surface area contributed by atoms with Gasteiger partial charge < -0.3 is 16.0 Å². The Hall–Kier alpha value is -1.84. The lowest BCUT2D eigenvalue weighted by atomic mass is 10.1. The van der Waals surface area contributed by atoms with Crippen LogP contribution in [0.1, 0.15) is 12.0 Å². The molecule has 0 heterocycles. The van der Waals surface area contributed by atoms with Gasteiger partial charge in [0, 0.05) is 25.5 Å². The number of carbonyl (C=O) groups excluding carboxylic acids is 1. The topological polar surface area (TPSA) is 70.2 Å². The van der Waals surface area contributed by atoms with E-state index >= 15 is 0 Å². The first kappa shape index (κ1) is 11.2. The summed E-state index contributed by atoms with van der Waals surface area (Å²) in [6.45, 7) is 0. The highest BCUT2D eigenvalue weighted by Gasteiger charge is 2.05. The largest absolute Gasteiger partial charge is 0.378 e. The summed E-state index contributed by atoms with van der Waals surface area (Å²) in [6.07, 6.45) is -0.0126. The van der Waals surface area contributed by atoms with Crippen LogP contribution in [0.25, 0.3) is 0 Å². The van der Waals surface area contributed by atoms with Gasteiger partial charge in [0.1, 0.15) is 0 Å². The minimum Gasteiger partial charge on any atom is -0.378 e. The third-order valence-corrected chi connectivity index (χ3v) is 2.08. The fraction of sp³-hybridized carbons (Fsp3) is 0.273. The van der Waals surface area contributed by atoms with E-state index in [-0.39, 0.29) is 12.1 Å². The molecule has 15 heavy (non-hydrogen) atoms. The molecule has 0 aliphatic carbocycles. The number of nitrogens with zero attached hydrogens (tertiary/aromatic N) is 1. The minimum atomic E-state index is -0.475. The highest BCUT2D eigenvalue weighted by Crippen LogP contribution is 2.13. The van der Waals surface area contributed by atoms with Crippen LogP contribution in [0.5, 0.6) is 0 Å². The van der Waals surface area contributed by atoms with E-state index in [2.05, 4.69) is 0 Å². The maximum atomic E-state index is 10.6. The Morgan fingerprint density at radius 1 is 1.33 bits per heavy atom. The average Bonchev–Trinajstić information content (AvgIpc) is 2.17. The molecule has 0 unspecified atom stereocenters. The van der Waals surface area contributed by atoms with Crippen LogP contribution in [-0.2, 0) is 4.79 Å². The van der Waals surface area contributed by atoms with Crippen molar-refractivity contribution in [3.05, 3.63) is 29.8 Å². The lowest BCUT2D eigenvalue weighted by Gasteiger charge is -2.12. The second-order valence-electron chi connectivity index (χ2n) is 3.56. The van der Waals surface area contributed by atoms with E-state index in [0.717, 1.165) is 11.3 Å². The van der Waals surface area contributed by atoms with Gasteiger partial charge in [-0.1, -0.05) is 12.1 Å². The number of hydrogen-bond donors (Lipinski definition) is 2. The van der Waals surface area contributed by atoms with Crippen molar-refractivity contribution in [1.82, 2.24) is 0 Å². The second-order valence-corrected chi connectivity index (χ2v) is 3.56. The van der Waals surface area contributed by atoms with Crippen molar-refractivity contribution < 1.29 is 4.79 Å². The van der Waals surface area contributed by atoms with Crippen LogP contribution in [0.15, 0.2) is 24.3 Å². The van der Waals surface area contributed by atoms with E-state index in [4.69, 9.17) is 11.1 Å². The summed E-state index contributed by atoms with van der Waals surface area (Å²) >= 11 is 0. The molecular formula is C11H15N3O. The van der Waals surface area contributed by atoms with Crippen LogP contribution >= 0.6 is 0 Å². The number of nitrogens with two attached hydrogens (primary N) is 1. The van der Waals surface area contributed by atoms with E-state index in [1.54, 1.807) is 0 Å². The molecule has 4 nitrogen and oxygen atoms in total. The molecule has 0 fully saturated rings. The third-order valence-electron chi connectivity index (χ3n) is 2.08. The number of primary amides is 1. The van der Waals surface area contributed by atoms with Crippen molar-refractivity contribution in [2.24, 2.45) is 5.73 Å². The summed E-state index contributed by atoms with van der Waals surface area (Å²) in [5, 5.41) is 7.62. The van der Waals surface area contributed by atoms with Crippen LogP contribution in [0.2, 0.25) is 0 Å². The van der Waals surface area contributed by atoms with Crippen LogP contribution in [-0.4, -0.2) is 25.7 Å². The molecule has 0 aliphatic heterocycles. The van der Waals surface area contributed by atoms with Crippen molar-refractivity contribution in [3.63, 3.8) is 0 Å². The summed E-state index contributed by atoms with van der Waals surface area (Å²) < 4.78 is 0. The molecule has 0 radical (unpaired) electrons. The van der Waals surface area contributed by atoms with Gasteiger partial charge in [0.05, 0.1) is 6.42 Å². The molecule has 1 amide bonds. The Morgan fingerprint density at radius 3 is 2.27 bits per heavy atom. The Bertz CT molecular complexity index is 368. The van der Waals surface area contributed by atoms with Gasteiger partial charge in [-0.3, -0.25) is 4.79 Å². The van der Waals surface area contributed by atoms with E-state index in [1.165, 1.54) is 0 Å². The number of rotatable bonds is 4. The monoisotopic (exact) mass is 205 g/mol. The molecule has 0 atom stereocenters. The molecule has 0 saturated carbocycles.